The molecule has 4 aromatic carbocycles. The Morgan fingerprint density at radius 2 is 1.45 bits per heavy atom. The van der Waals surface area contributed by atoms with Crippen molar-refractivity contribution in [2.24, 2.45) is 0 Å². The number of hydrogen-bond donors (Lipinski definition) is 2. The van der Waals surface area contributed by atoms with Crippen LogP contribution in [-0.4, -0.2) is 51.0 Å². The van der Waals surface area contributed by atoms with E-state index in [4.69, 9.17) is 4.74 Å². The van der Waals surface area contributed by atoms with Gasteiger partial charge in [-0.3, -0.25) is 14.5 Å². The summed E-state index contributed by atoms with van der Waals surface area (Å²) in [7, 11) is -3.33. The summed E-state index contributed by atoms with van der Waals surface area (Å²) >= 11 is 1.65. The third-order valence-corrected chi connectivity index (χ3v) is 8.66. The molecule has 230 valence electrons. The molecule has 1 saturated heterocycles. The SMILES string of the molecule is CSc1ccc(N(C(=O)Nc2ccc(F)cc2)C2CCN(Cc3ccc(Oc4ccc(NS(C)(=O)=O)cc4)cc3)CC2)cc1. The Bertz CT molecular complexity index is 1640. The summed E-state index contributed by atoms with van der Waals surface area (Å²) in [6.07, 6.45) is 4.75. The number of sulfonamides is 1. The average molecular weight is 635 g/mol. The van der Waals surface area contributed by atoms with E-state index in [2.05, 4.69) is 14.9 Å². The van der Waals surface area contributed by atoms with E-state index < -0.39 is 10.0 Å². The van der Waals surface area contributed by atoms with E-state index in [1.165, 1.54) is 12.1 Å². The van der Waals surface area contributed by atoms with Crippen LogP contribution in [0.25, 0.3) is 0 Å². The first-order valence-corrected chi connectivity index (χ1v) is 17.3. The van der Waals surface area contributed by atoms with Gasteiger partial charge in [-0.25, -0.2) is 17.6 Å². The number of nitrogens with zero attached hydrogens (tertiary/aromatic N) is 2. The summed E-state index contributed by atoms with van der Waals surface area (Å²) in [5.41, 5.74) is 3.01. The molecule has 0 atom stereocenters. The van der Waals surface area contributed by atoms with Crippen LogP contribution in [0, 0.1) is 5.82 Å². The van der Waals surface area contributed by atoms with Gasteiger partial charge in [-0.05, 0) is 110 Å². The number of likely N-dealkylation sites (tertiary alicyclic amines) is 1. The molecular formula is C33H35FN4O4S2. The van der Waals surface area contributed by atoms with E-state index in [1.54, 1.807) is 48.2 Å². The molecule has 0 aromatic heterocycles. The standard InChI is InChI=1S/C33H35FN4O4S2/c1-43-32-17-11-28(12-18-32)38(33(39)35-26-7-5-25(34)6-8-26)29-19-21-37(22-20-29)23-24-3-13-30(14-4-24)42-31-15-9-27(10-16-31)36-44(2,40)41/h3-18,29,36H,19-23H2,1-2H3,(H,35,39). The number of thioether (sulfide) groups is 1. The van der Waals surface area contributed by atoms with Gasteiger partial charge in [0.1, 0.15) is 17.3 Å². The van der Waals surface area contributed by atoms with Gasteiger partial charge in [-0.2, -0.15) is 0 Å². The van der Waals surface area contributed by atoms with Gasteiger partial charge in [0.2, 0.25) is 10.0 Å². The fourth-order valence-electron chi connectivity index (χ4n) is 5.15. The van der Waals surface area contributed by atoms with E-state index in [-0.39, 0.29) is 17.9 Å². The molecule has 44 heavy (non-hydrogen) atoms. The van der Waals surface area contributed by atoms with Crippen LogP contribution < -0.4 is 19.7 Å². The van der Waals surface area contributed by atoms with Crippen molar-refractivity contribution in [3.05, 3.63) is 108 Å². The number of urea groups is 1. The van der Waals surface area contributed by atoms with E-state index in [0.717, 1.165) is 54.9 Å². The van der Waals surface area contributed by atoms with Gasteiger partial charge >= 0.3 is 6.03 Å². The molecule has 4 aromatic rings. The summed E-state index contributed by atoms with van der Waals surface area (Å²) in [6, 6.07) is 28.2. The number of nitrogens with one attached hydrogen (secondary N) is 2. The van der Waals surface area contributed by atoms with Crippen LogP contribution in [-0.2, 0) is 16.6 Å². The zero-order valence-electron chi connectivity index (χ0n) is 24.6. The fourth-order valence-corrected chi connectivity index (χ4v) is 6.12. The van der Waals surface area contributed by atoms with Crippen molar-refractivity contribution in [1.82, 2.24) is 4.90 Å². The molecule has 8 nitrogen and oxygen atoms in total. The van der Waals surface area contributed by atoms with Gasteiger partial charge in [0.05, 0.1) is 6.26 Å². The lowest BCUT2D eigenvalue weighted by Gasteiger charge is -2.38. The molecule has 2 N–H and O–H groups in total. The highest BCUT2D eigenvalue weighted by Gasteiger charge is 2.29. The van der Waals surface area contributed by atoms with Gasteiger partial charge in [-0.1, -0.05) is 12.1 Å². The van der Waals surface area contributed by atoms with E-state index >= 15 is 0 Å². The Morgan fingerprint density at radius 1 is 0.886 bits per heavy atom. The summed E-state index contributed by atoms with van der Waals surface area (Å²) in [4.78, 5) is 18.9. The van der Waals surface area contributed by atoms with E-state index in [0.29, 0.717) is 22.9 Å². The number of amides is 2. The molecule has 5 rings (SSSR count). The number of anilines is 3. The molecule has 2 amide bonds. The number of benzene rings is 4. The highest BCUT2D eigenvalue weighted by molar-refractivity contribution is 7.98. The lowest BCUT2D eigenvalue weighted by Crippen LogP contribution is -2.49. The van der Waals surface area contributed by atoms with Crippen molar-refractivity contribution in [3.8, 4) is 11.5 Å². The van der Waals surface area contributed by atoms with E-state index in [9.17, 15) is 17.6 Å². The van der Waals surface area contributed by atoms with Crippen molar-refractivity contribution in [1.29, 1.82) is 0 Å². The molecule has 1 heterocycles. The number of halogens is 1. The van der Waals surface area contributed by atoms with E-state index in [1.807, 2.05) is 59.7 Å². The summed E-state index contributed by atoms with van der Waals surface area (Å²) in [6.45, 7) is 2.45. The topological polar surface area (TPSA) is 91.0 Å². The van der Waals surface area contributed by atoms with Gasteiger partial charge in [0.15, 0.2) is 0 Å². The fraction of sp³-hybridized carbons (Fsp3) is 0.242. The number of rotatable bonds is 10. The van der Waals surface area contributed by atoms with Crippen molar-refractivity contribution in [3.63, 3.8) is 0 Å². The predicted octanol–water partition coefficient (Wildman–Crippen LogP) is 7.41. The molecule has 1 aliphatic rings. The van der Waals surface area contributed by atoms with Crippen molar-refractivity contribution in [2.75, 3.05) is 40.5 Å². The molecule has 0 aliphatic carbocycles. The zero-order valence-corrected chi connectivity index (χ0v) is 26.2. The molecule has 0 unspecified atom stereocenters. The van der Waals surface area contributed by atoms with Crippen LogP contribution >= 0.6 is 11.8 Å². The lowest BCUT2D eigenvalue weighted by atomic mass is 10.0. The summed E-state index contributed by atoms with van der Waals surface area (Å²) in [5, 5.41) is 2.94. The Labute approximate surface area is 262 Å². The molecule has 0 saturated carbocycles. The van der Waals surface area contributed by atoms with Crippen LogP contribution in [0.2, 0.25) is 0 Å². The monoisotopic (exact) mass is 634 g/mol. The third-order valence-electron chi connectivity index (χ3n) is 7.31. The van der Waals surface area contributed by atoms with Crippen molar-refractivity contribution in [2.45, 2.75) is 30.3 Å². The van der Waals surface area contributed by atoms with Crippen LogP contribution in [0.5, 0.6) is 11.5 Å². The van der Waals surface area contributed by atoms with Crippen LogP contribution in [0.4, 0.5) is 26.2 Å². The highest BCUT2D eigenvalue weighted by atomic mass is 32.2. The Hall–Kier alpha value is -4.06. The Morgan fingerprint density at radius 3 is 2.02 bits per heavy atom. The second-order valence-electron chi connectivity index (χ2n) is 10.7. The second-order valence-corrected chi connectivity index (χ2v) is 13.3. The Balaban J connectivity index is 1.18. The predicted molar refractivity (Wildman–Crippen MR) is 176 cm³/mol. The first kappa shape index (κ1) is 31.4. The molecule has 11 heteroatoms. The zero-order chi connectivity index (χ0) is 31.1. The van der Waals surface area contributed by atoms with Crippen LogP contribution in [0.3, 0.4) is 0 Å². The van der Waals surface area contributed by atoms with Crippen LogP contribution in [0.1, 0.15) is 18.4 Å². The maximum absolute atomic E-state index is 13.5. The molecule has 0 spiro atoms. The minimum atomic E-state index is -3.33. The first-order chi connectivity index (χ1) is 21.1. The highest BCUT2D eigenvalue weighted by Crippen LogP contribution is 2.29. The maximum Gasteiger partial charge on any atom is 0.326 e. The van der Waals surface area contributed by atoms with Crippen LogP contribution in [0.15, 0.2) is 102 Å². The molecule has 1 fully saturated rings. The van der Waals surface area contributed by atoms with Crippen molar-refractivity contribution < 1.29 is 22.3 Å². The average Bonchev–Trinajstić information content (AvgIpc) is 3.01. The third kappa shape index (κ3) is 8.75. The number of ether oxygens (including phenoxy) is 1. The van der Waals surface area contributed by atoms with Gasteiger partial charge < -0.3 is 10.1 Å². The smallest absolute Gasteiger partial charge is 0.326 e. The second kappa shape index (κ2) is 14.1. The number of carbonyl (C=O) groups excluding carboxylic acids is 1. The van der Waals surface area contributed by atoms with Gasteiger partial charge in [-0.15, -0.1) is 11.8 Å². The molecule has 0 radical (unpaired) electrons. The minimum Gasteiger partial charge on any atom is -0.457 e. The summed E-state index contributed by atoms with van der Waals surface area (Å²) in [5.74, 6) is 0.944. The quantitative estimate of drug-likeness (QED) is 0.177. The molecule has 1 aliphatic heterocycles. The number of hydrogen-bond acceptors (Lipinski definition) is 6. The van der Waals surface area contributed by atoms with Gasteiger partial charge in [0.25, 0.3) is 0 Å². The number of piperidine rings is 1. The molecular weight excluding hydrogens is 600 g/mol. The largest absolute Gasteiger partial charge is 0.457 e. The van der Waals surface area contributed by atoms with Crippen molar-refractivity contribution >= 4 is 44.9 Å². The lowest BCUT2D eigenvalue weighted by molar-refractivity contribution is 0.199. The first-order valence-electron chi connectivity index (χ1n) is 14.2. The number of carbonyl (C=O) groups is 1. The minimum absolute atomic E-state index is 0.0154. The summed E-state index contributed by atoms with van der Waals surface area (Å²) < 4.78 is 44.6. The normalized spacial score (nSPS) is 14.2. The molecule has 0 bridgehead atoms. The maximum atomic E-state index is 13.5. The van der Waals surface area contributed by atoms with Gasteiger partial charge in [0, 0.05) is 47.6 Å². The Kier molecular flexibility index (Phi) is 10.1.